The number of hydrogen-bond donors (Lipinski definition) is 2. The summed E-state index contributed by atoms with van der Waals surface area (Å²) in [6.45, 7) is 9.63. The van der Waals surface area contributed by atoms with Gasteiger partial charge in [0.05, 0.1) is 22.0 Å². The van der Waals surface area contributed by atoms with Crippen LogP contribution in [0.1, 0.15) is 59.7 Å². The molecule has 0 aliphatic heterocycles. The van der Waals surface area contributed by atoms with Crippen LogP contribution in [0.3, 0.4) is 0 Å². The molecule has 0 fully saturated rings. The first-order chi connectivity index (χ1) is 13.1. The van der Waals surface area contributed by atoms with Gasteiger partial charge in [-0.2, -0.15) is 0 Å². The number of carbonyl (C=O) groups is 3. The van der Waals surface area contributed by atoms with Gasteiger partial charge in [0.1, 0.15) is 0 Å². The Labute approximate surface area is 169 Å². The van der Waals surface area contributed by atoms with Crippen molar-refractivity contribution in [3.63, 3.8) is 0 Å². The Kier molecular flexibility index (Phi) is 6.96. The number of rotatable bonds is 6. The average Bonchev–Trinajstić information content (AvgIpc) is 2.99. The average molecular weight is 403 g/mol. The molecule has 0 saturated heterocycles. The van der Waals surface area contributed by atoms with Crippen LogP contribution in [0.4, 0.5) is 10.7 Å². The SMILES string of the molecule is CCCOC(=O)c1ccc(NC(=O)c2sc(NC(=O)C(C)(C)C)cc2C)cc1. The summed E-state index contributed by atoms with van der Waals surface area (Å²) in [7, 11) is 0. The minimum atomic E-state index is -0.514. The van der Waals surface area contributed by atoms with Crippen molar-refractivity contribution in [2.75, 3.05) is 17.2 Å². The second-order valence-electron chi connectivity index (χ2n) is 7.49. The van der Waals surface area contributed by atoms with Crippen LogP contribution in [-0.2, 0) is 9.53 Å². The molecule has 1 aromatic heterocycles. The number of aryl methyl sites for hydroxylation is 1. The molecule has 1 heterocycles. The van der Waals surface area contributed by atoms with E-state index in [1.54, 1.807) is 30.3 Å². The van der Waals surface area contributed by atoms with Crippen molar-refractivity contribution in [3.8, 4) is 0 Å². The number of benzene rings is 1. The maximum absolute atomic E-state index is 12.6. The number of anilines is 2. The third kappa shape index (κ3) is 5.66. The molecule has 7 heteroatoms. The molecule has 0 spiro atoms. The lowest BCUT2D eigenvalue weighted by Crippen LogP contribution is -2.27. The Balaban J connectivity index is 2.05. The lowest BCUT2D eigenvalue weighted by atomic mass is 9.96. The number of ether oxygens (including phenoxy) is 1. The second kappa shape index (κ2) is 9.01. The topological polar surface area (TPSA) is 84.5 Å². The van der Waals surface area contributed by atoms with E-state index in [1.807, 2.05) is 34.6 Å². The number of thiophene rings is 1. The van der Waals surface area contributed by atoms with Gasteiger partial charge in [-0.3, -0.25) is 9.59 Å². The molecule has 2 aromatic rings. The second-order valence-corrected chi connectivity index (χ2v) is 8.55. The molecule has 2 rings (SSSR count). The fourth-order valence-electron chi connectivity index (χ4n) is 2.22. The lowest BCUT2D eigenvalue weighted by Gasteiger charge is -2.16. The summed E-state index contributed by atoms with van der Waals surface area (Å²) in [4.78, 5) is 37.1. The van der Waals surface area contributed by atoms with E-state index in [2.05, 4.69) is 10.6 Å². The van der Waals surface area contributed by atoms with Gasteiger partial charge in [-0.05, 0) is 49.2 Å². The normalized spacial score (nSPS) is 11.0. The molecule has 0 radical (unpaired) electrons. The summed E-state index contributed by atoms with van der Waals surface area (Å²) in [5, 5.41) is 6.29. The van der Waals surface area contributed by atoms with Crippen molar-refractivity contribution in [1.82, 2.24) is 0 Å². The lowest BCUT2D eigenvalue weighted by molar-refractivity contribution is -0.123. The molecule has 0 saturated carbocycles. The summed E-state index contributed by atoms with van der Waals surface area (Å²) >= 11 is 1.23. The molecular weight excluding hydrogens is 376 g/mol. The van der Waals surface area contributed by atoms with E-state index in [9.17, 15) is 14.4 Å². The van der Waals surface area contributed by atoms with E-state index in [-0.39, 0.29) is 17.8 Å². The monoisotopic (exact) mass is 402 g/mol. The maximum Gasteiger partial charge on any atom is 0.338 e. The molecule has 150 valence electrons. The predicted molar refractivity (Wildman–Crippen MR) is 112 cm³/mol. The molecule has 2 N–H and O–H groups in total. The van der Waals surface area contributed by atoms with Crippen LogP contribution in [0, 0.1) is 12.3 Å². The zero-order valence-electron chi connectivity index (χ0n) is 16.8. The molecule has 0 atom stereocenters. The number of hydrogen-bond acceptors (Lipinski definition) is 5. The van der Waals surface area contributed by atoms with Crippen LogP contribution in [0.5, 0.6) is 0 Å². The van der Waals surface area contributed by atoms with Gasteiger partial charge in [0.25, 0.3) is 5.91 Å². The standard InChI is InChI=1S/C21H26N2O4S/c1-6-11-27-19(25)14-7-9-15(10-8-14)22-18(24)17-13(2)12-16(28-17)23-20(26)21(3,4)5/h7-10,12H,6,11H2,1-5H3,(H,22,24)(H,23,26). The Hall–Kier alpha value is -2.67. The van der Waals surface area contributed by atoms with E-state index in [0.717, 1.165) is 12.0 Å². The summed E-state index contributed by atoms with van der Waals surface area (Å²) in [6.07, 6.45) is 0.762. The Morgan fingerprint density at radius 2 is 1.71 bits per heavy atom. The Morgan fingerprint density at radius 3 is 2.29 bits per heavy atom. The quantitative estimate of drug-likeness (QED) is 0.676. The number of esters is 1. The zero-order chi connectivity index (χ0) is 20.9. The van der Waals surface area contributed by atoms with Crippen LogP contribution in [0.25, 0.3) is 0 Å². The van der Waals surface area contributed by atoms with Crippen molar-refractivity contribution in [2.45, 2.75) is 41.0 Å². The van der Waals surface area contributed by atoms with Crippen LogP contribution < -0.4 is 10.6 Å². The number of nitrogens with one attached hydrogen (secondary N) is 2. The van der Waals surface area contributed by atoms with E-state index in [1.165, 1.54) is 11.3 Å². The van der Waals surface area contributed by atoms with Gasteiger partial charge in [-0.1, -0.05) is 27.7 Å². The van der Waals surface area contributed by atoms with Crippen molar-refractivity contribution in [3.05, 3.63) is 46.3 Å². The minimum absolute atomic E-state index is 0.105. The highest BCUT2D eigenvalue weighted by atomic mass is 32.1. The minimum Gasteiger partial charge on any atom is -0.462 e. The maximum atomic E-state index is 12.6. The zero-order valence-corrected chi connectivity index (χ0v) is 17.7. The van der Waals surface area contributed by atoms with Gasteiger partial charge in [-0.15, -0.1) is 11.3 Å². The van der Waals surface area contributed by atoms with Crippen LogP contribution in [0.2, 0.25) is 0 Å². The molecule has 0 aliphatic carbocycles. The van der Waals surface area contributed by atoms with Gasteiger partial charge in [-0.25, -0.2) is 4.79 Å². The van der Waals surface area contributed by atoms with E-state index in [0.29, 0.717) is 27.7 Å². The fraction of sp³-hybridized carbons (Fsp3) is 0.381. The molecule has 28 heavy (non-hydrogen) atoms. The fourth-order valence-corrected chi connectivity index (χ4v) is 3.19. The van der Waals surface area contributed by atoms with E-state index >= 15 is 0 Å². The molecular formula is C21H26N2O4S. The third-order valence-corrected chi connectivity index (χ3v) is 5.01. The van der Waals surface area contributed by atoms with Crippen LogP contribution in [-0.4, -0.2) is 24.4 Å². The number of carbonyl (C=O) groups excluding carboxylic acids is 3. The van der Waals surface area contributed by atoms with Gasteiger partial charge < -0.3 is 15.4 Å². The largest absolute Gasteiger partial charge is 0.462 e. The van der Waals surface area contributed by atoms with Gasteiger partial charge in [0.15, 0.2) is 0 Å². The summed E-state index contributed by atoms with van der Waals surface area (Å²) in [6, 6.07) is 8.33. The smallest absolute Gasteiger partial charge is 0.338 e. The first-order valence-corrected chi connectivity index (χ1v) is 9.94. The Bertz CT molecular complexity index is 864. The highest BCUT2D eigenvalue weighted by Crippen LogP contribution is 2.29. The molecule has 1 aromatic carbocycles. The molecule has 2 amide bonds. The van der Waals surface area contributed by atoms with Crippen molar-refractivity contribution >= 4 is 39.8 Å². The van der Waals surface area contributed by atoms with E-state index in [4.69, 9.17) is 4.74 Å². The number of amides is 2. The summed E-state index contributed by atoms with van der Waals surface area (Å²) in [5.74, 6) is -0.751. The van der Waals surface area contributed by atoms with Crippen molar-refractivity contribution in [1.29, 1.82) is 0 Å². The molecule has 0 unspecified atom stereocenters. The molecule has 6 nitrogen and oxygen atoms in total. The molecule has 0 aliphatic rings. The highest BCUT2D eigenvalue weighted by Gasteiger charge is 2.23. The summed E-state index contributed by atoms with van der Waals surface area (Å²) in [5.41, 5.74) is 1.28. The van der Waals surface area contributed by atoms with Crippen LogP contribution >= 0.6 is 11.3 Å². The van der Waals surface area contributed by atoms with Gasteiger partial charge >= 0.3 is 5.97 Å². The first-order valence-electron chi connectivity index (χ1n) is 9.12. The van der Waals surface area contributed by atoms with Crippen molar-refractivity contribution < 1.29 is 19.1 Å². The van der Waals surface area contributed by atoms with Gasteiger partial charge in [0.2, 0.25) is 5.91 Å². The third-order valence-electron chi connectivity index (χ3n) is 3.86. The summed E-state index contributed by atoms with van der Waals surface area (Å²) < 4.78 is 5.08. The van der Waals surface area contributed by atoms with E-state index < -0.39 is 5.41 Å². The van der Waals surface area contributed by atoms with Gasteiger partial charge in [0, 0.05) is 11.1 Å². The Morgan fingerprint density at radius 1 is 1.07 bits per heavy atom. The van der Waals surface area contributed by atoms with Crippen molar-refractivity contribution in [2.24, 2.45) is 5.41 Å². The highest BCUT2D eigenvalue weighted by molar-refractivity contribution is 7.18. The van der Waals surface area contributed by atoms with Crippen LogP contribution in [0.15, 0.2) is 30.3 Å². The first kappa shape index (κ1) is 21.6. The molecule has 0 bridgehead atoms. The predicted octanol–water partition coefficient (Wildman–Crippen LogP) is 4.86.